The molecular weight excluding hydrogens is 182 g/mol. The van der Waals surface area contributed by atoms with Gasteiger partial charge in [-0.3, -0.25) is 0 Å². The lowest BCUT2D eigenvalue weighted by Gasteiger charge is -2.10. The molecule has 0 aromatic carbocycles. The van der Waals surface area contributed by atoms with Gasteiger partial charge in [0.1, 0.15) is 0 Å². The Morgan fingerprint density at radius 1 is 0.667 bits per heavy atom. The van der Waals surface area contributed by atoms with E-state index in [9.17, 15) is 0 Å². The molecule has 0 spiro atoms. The number of nitrogens with two attached hydrogens (primary N) is 1. The average Bonchev–Trinajstić information content (AvgIpc) is 2.24. The molecule has 1 unspecified atom stereocenters. The number of allylic oxidation sites excluding steroid dienone is 2. The van der Waals surface area contributed by atoms with E-state index in [0.717, 1.165) is 0 Å². The predicted molar refractivity (Wildman–Crippen MR) is 67.9 cm³/mol. The number of hydrogen-bond donors (Lipinski definition) is 1. The Morgan fingerprint density at radius 2 is 1.27 bits per heavy atom. The lowest BCUT2D eigenvalue weighted by atomic mass is 10.0. The highest BCUT2D eigenvalue weighted by atomic mass is 14.6. The number of rotatable bonds is 0. The smallest absolute Gasteiger partial charge is 0.00417 e. The van der Waals surface area contributed by atoms with Crippen LogP contribution in [-0.4, -0.2) is 6.04 Å². The van der Waals surface area contributed by atoms with Gasteiger partial charge in [-0.05, 0) is 32.1 Å². The molecule has 0 aliphatic heterocycles. The van der Waals surface area contributed by atoms with Crippen molar-refractivity contribution in [3.05, 3.63) is 12.2 Å². The summed E-state index contributed by atoms with van der Waals surface area (Å²) in [6, 6.07) is 0.442. The Morgan fingerprint density at radius 3 is 2.07 bits per heavy atom. The highest BCUT2D eigenvalue weighted by molar-refractivity contribution is 4.83. The summed E-state index contributed by atoms with van der Waals surface area (Å²) < 4.78 is 0. The third-order valence-corrected chi connectivity index (χ3v) is 3.32. The van der Waals surface area contributed by atoms with Gasteiger partial charge in [0.2, 0.25) is 0 Å². The van der Waals surface area contributed by atoms with Crippen LogP contribution in [0.5, 0.6) is 0 Å². The van der Waals surface area contributed by atoms with Crippen molar-refractivity contribution in [3.63, 3.8) is 0 Å². The van der Waals surface area contributed by atoms with Gasteiger partial charge < -0.3 is 5.73 Å². The first-order valence-corrected chi connectivity index (χ1v) is 6.80. The summed E-state index contributed by atoms with van der Waals surface area (Å²) in [5, 5.41) is 0. The summed E-state index contributed by atoms with van der Waals surface area (Å²) in [6.45, 7) is 0. The van der Waals surface area contributed by atoms with Crippen LogP contribution in [-0.2, 0) is 0 Å². The summed E-state index contributed by atoms with van der Waals surface area (Å²) in [4.78, 5) is 0. The Kier molecular flexibility index (Phi) is 7.63. The quantitative estimate of drug-likeness (QED) is 0.595. The fourth-order valence-corrected chi connectivity index (χ4v) is 2.24. The summed E-state index contributed by atoms with van der Waals surface area (Å²) >= 11 is 0. The molecule has 0 fully saturated rings. The molecule has 0 aromatic heterocycles. The average molecular weight is 209 g/mol. The first kappa shape index (κ1) is 12.8. The molecule has 0 radical (unpaired) electrons. The van der Waals surface area contributed by atoms with Gasteiger partial charge in [-0.2, -0.15) is 0 Å². The molecule has 1 aliphatic rings. The van der Waals surface area contributed by atoms with Crippen molar-refractivity contribution in [1.82, 2.24) is 0 Å². The van der Waals surface area contributed by atoms with Crippen molar-refractivity contribution in [2.75, 3.05) is 0 Å². The molecule has 1 atom stereocenters. The Hall–Kier alpha value is -0.300. The predicted octanol–water partition coefficient (Wildman–Crippen LogP) is 4.17. The van der Waals surface area contributed by atoms with Crippen LogP contribution >= 0.6 is 0 Å². The molecule has 0 bridgehead atoms. The second-order valence-electron chi connectivity index (χ2n) is 4.86. The monoisotopic (exact) mass is 209 g/mol. The van der Waals surface area contributed by atoms with Crippen molar-refractivity contribution in [1.29, 1.82) is 0 Å². The molecule has 0 saturated heterocycles. The minimum absolute atomic E-state index is 0.442. The van der Waals surface area contributed by atoms with Crippen LogP contribution in [0.4, 0.5) is 0 Å². The van der Waals surface area contributed by atoms with Crippen molar-refractivity contribution in [3.8, 4) is 0 Å². The van der Waals surface area contributed by atoms with Gasteiger partial charge in [0.25, 0.3) is 0 Å². The van der Waals surface area contributed by atoms with Crippen molar-refractivity contribution >= 4 is 0 Å². The van der Waals surface area contributed by atoms with Crippen LogP contribution in [0.15, 0.2) is 12.2 Å². The fourth-order valence-electron chi connectivity index (χ4n) is 2.24. The van der Waals surface area contributed by atoms with E-state index in [4.69, 9.17) is 5.73 Å². The van der Waals surface area contributed by atoms with Gasteiger partial charge in [0.05, 0.1) is 0 Å². The Bertz CT molecular complexity index is 163. The van der Waals surface area contributed by atoms with Crippen LogP contribution in [0.3, 0.4) is 0 Å². The summed E-state index contributed by atoms with van der Waals surface area (Å²) in [7, 11) is 0. The molecule has 2 N–H and O–H groups in total. The molecule has 88 valence electrons. The summed E-state index contributed by atoms with van der Waals surface area (Å²) in [5.74, 6) is 0. The SMILES string of the molecule is NC1CCC=CCCCCCCCCC1. The Balaban J connectivity index is 2.19. The third-order valence-electron chi connectivity index (χ3n) is 3.32. The second kappa shape index (κ2) is 8.96. The van der Waals surface area contributed by atoms with Gasteiger partial charge in [-0.25, -0.2) is 0 Å². The van der Waals surface area contributed by atoms with E-state index in [1.54, 1.807) is 0 Å². The van der Waals surface area contributed by atoms with E-state index in [2.05, 4.69) is 12.2 Å². The molecule has 1 nitrogen and oxygen atoms in total. The van der Waals surface area contributed by atoms with Crippen LogP contribution in [0.2, 0.25) is 0 Å². The van der Waals surface area contributed by atoms with Crippen molar-refractivity contribution in [2.45, 2.75) is 76.7 Å². The van der Waals surface area contributed by atoms with E-state index in [1.807, 2.05) is 0 Å². The van der Waals surface area contributed by atoms with E-state index in [0.29, 0.717) is 6.04 Å². The zero-order valence-electron chi connectivity index (χ0n) is 10.1. The zero-order valence-corrected chi connectivity index (χ0v) is 10.1. The minimum atomic E-state index is 0.442. The zero-order chi connectivity index (χ0) is 10.8. The van der Waals surface area contributed by atoms with Crippen molar-refractivity contribution in [2.24, 2.45) is 5.73 Å². The van der Waals surface area contributed by atoms with Crippen molar-refractivity contribution < 1.29 is 0 Å². The largest absolute Gasteiger partial charge is 0.328 e. The first-order valence-electron chi connectivity index (χ1n) is 6.80. The lowest BCUT2D eigenvalue weighted by molar-refractivity contribution is 0.509. The second-order valence-corrected chi connectivity index (χ2v) is 4.86. The normalized spacial score (nSPS) is 27.1. The third kappa shape index (κ3) is 7.61. The molecule has 1 rings (SSSR count). The molecule has 1 aliphatic carbocycles. The van der Waals surface area contributed by atoms with Gasteiger partial charge >= 0.3 is 0 Å². The minimum Gasteiger partial charge on any atom is -0.328 e. The fraction of sp³-hybridized carbons (Fsp3) is 0.857. The lowest BCUT2D eigenvalue weighted by Crippen LogP contribution is -2.19. The van der Waals surface area contributed by atoms with E-state index >= 15 is 0 Å². The molecule has 1 heteroatoms. The maximum Gasteiger partial charge on any atom is 0.00417 e. The molecule has 15 heavy (non-hydrogen) atoms. The molecule has 0 amide bonds. The van der Waals surface area contributed by atoms with Crippen LogP contribution in [0.1, 0.15) is 70.6 Å². The first-order chi connectivity index (χ1) is 7.39. The summed E-state index contributed by atoms with van der Waals surface area (Å²) in [5.41, 5.74) is 6.05. The maximum absolute atomic E-state index is 6.05. The molecular formula is C14H27N. The van der Waals surface area contributed by atoms with Gasteiger partial charge in [-0.1, -0.05) is 50.7 Å². The topological polar surface area (TPSA) is 26.0 Å². The van der Waals surface area contributed by atoms with E-state index < -0.39 is 0 Å². The highest BCUT2D eigenvalue weighted by Gasteiger charge is 2.01. The molecule has 0 aromatic rings. The van der Waals surface area contributed by atoms with Crippen LogP contribution in [0.25, 0.3) is 0 Å². The molecule has 0 saturated carbocycles. The van der Waals surface area contributed by atoms with E-state index in [-0.39, 0.29) is 0 Å². The highest BCUT2D eigenvalue weighted by Crippen LogP contribution is 2.13. The number of hydrogen-bond acceptors (Lipinski definition) is 1. The van der Waals surface area contributed by atoms with Crippen LogP contribution < -0.4 is 5.73 Å². The van der Waals surface area contributed by atoms with Gasteiger partial charge in [-0.15, -0.1) is 0 Å². The van der Waals surface area contributed by atoms with Gasteiger partial charge in [0.15, 0.2) is 0 Å². The van der Waals surface area contributed by atoms with E-state index in [1.165, 1.54) is 70.6 Å². The maximum atomic E-state index is 6.05. The standard InChI is InChI=1S/C14H27N/c15-14-12-10-8-6-4-2-1-3-5-7-9-11-13-14/h6,8,14H,1-5,7,9-13,15H2. The summed E-state index contributed by atoms with van der Waals surface area (Å²) in [6.07, 6.45) is 19.3. The Labute approximate surface area is 95.1 Å². The van der Waals surface area contributed by atoms with Gasteiger partial charge in [0, 0.05) is 6.04 Å². The molecule has 0 heterocycles. The van der Waals surface area contributed by atoms with Crippen LogP contribution in [0, 0.1) is 0 Å².